The SMILES string of the molecule is CCOc1ccc(CCNC(=O)c2ccccc2C)cc1NC(C)=O. The molecule has 2 aromatic rings. The van der Waals surface area contributed by atoms with Crippen LogP contribution in [0.4, 0.5) is 5.69 Å². The van der Waals surface area contributed by atoms with Crippen LogP contribution in [0.25, 0.3) is 0 Å². The smallest absolute Gasteiger partial charge is 0.251 e. The van der Waals surface area contributed by atoms with Crippen LogP contribution in [0, 0.1) is 6.92 Å². The maximum absolute atomic E-state index is 12.2. The molecule has 25 heavy (non-hydrogen) atoms. The largest absolute Gasteiger partial charge is 0.492 e. The zero-order valence-corrected chi connectivity index (χ0v) is 14.9. The molecule has 0 saturated carbocycles. The summed E-state index contributed by atoms with van der Waals surface area (Å²) in [7, 11) is 0. The van der Waals surface area contributed by atoms with Crippen molar-refractivity contribution >= 4 is 17.5 Å². The van der Waals surface area contributed by atoms with Gasteiger partial charge in [-0.25, -0.2) is 0 Å². The maximum atomic E-state index is 12.2. The van der Waals surface area contributed by atoms with Crippen LogP contribution in [0.3, 0.4) is 0 Å². The van der Waals surface area contributed by atoms with Gasteiger partial charge in [-0.3, -0.25) is 9.59 Å². The van der Waals surface area contributed by atoms with Crippen molar-refractivity contribution in [2.75, 3.05) is 18.5 Å². The summed E-state index contributed by atoms with van der Waals surface area (Å²) in [6.07, 6.45) is 0.663. The summed E-state index contributed by atoms with van der Waals surface area (Å²) in [5.74, 6) is 0.419. The normalized spacial score (nSPS) is 10.2. The third-order valence-electron chi connectivity index (χ3n) is 3.74. The number of anilines is 1. The standard InChI is InChI=1S/C20H24N2O3/c1-4-25-19-10-9-16(13-18(19)22-15(3)23)11-12-21-20(24)17-8-6-5-7-14(17)2/h5-10,13H,4,11-12H2,1-3H3,(H,21,24)(H,22,23). The van der Waals surface area contributed by atoms with E-state index in [0.29, 0.717) is 36.6 Å². The summed E-state index contributed by atoms with van der Waals surface area (Å²) in [5.41, 5.74) is 3.30. The Morgan fingerprint density at radius 3 is 2.56 bits per heavy atom. The number of aryl methyl sites for hydroxylation is 1. The number of hydrogen-bond acceptors (Lipinski definition) is 3. The molecular formula is C20H24N2O3. The Morgan fingerprint density at radius 2 is 1.88 bits per heavy atom. The predicted molar refractivity (Wildman–Crippen MR) is 99.1 cm³/mol. The van der Waals surface area contributed by atoms with Gasteiger partial charge >= 0.3 is 0 Å². The van der Waals surface area contributed by atoms with Gasteiger partial charge in [0.15, 0.2) is 0 Å². The van der Waals surface area contributed by atoms with E-state index in [1.807, 2.05) is 56.3 Å². The van der Waals surface area contributed by atoms with Crippen molar-refractivity contribution in [3.05, 3.63) is 59.2 Å². The molecule has 132 valence electrons. The lowest BCUT2D eigenvalue weighted by Gasteiger charge is -2.13. The summed E-state index contributed by atoms with van der Waals surface area (Å²) in [5, 5.41) is 5.71. The molecular weight excluding hydrogens is 316 g/mol. The lowest BCUT2D eigenvalue weighted by atomic mass is 10.1. The molecule has 2 aromatic carbocycles. The zero-order chi connectivity index (χ0) is 18.2. The van der Waals surface area contributed by atoms with E-state index in [4.69, 9.17) is 4.74 Å². The first kappa shape index (κ1) is 18.5. The molecule has 0 bridgehead atoms. The fourth-order valence-corrected chi connectivity index (χ4v) is 2.54. The van der Waals surface area contributed by atoms with Crippen LogP contribution in [0.2, 0.25) is 0 Å². The molecule has 0 saturated heterocycles. The van der Waals surface area contributed by atoms with E-state index in [2.05, 4.69) is 10.6 Å². The van der Waals surface area contributed by atoms with Gasteiger partial charge < -0.3 is 15.4 Å². The Kier molecular flexibility index (Phi) is 6.57. The van der Waals surface area contributed by atoms with Crippen molar-refractivity contribution in [3.8, 4) is 5.75 Å². The number of nitrogens with one attached hydrogen (secondary N) is 2. The van der Waals surface area contributed by atoms with E-state index in [9.17, 15) is 9.59 Å². The van der Waals surface area contributed by atoms with Crippen molar-refractivity contribution in [2.45, 2.75) is 27.2 Å². The highest BCUT2D eigenvalue weighted by Crippen LogP contribution is 2.26. The summed E-state index contributed by atoms with van der Waals surface area (Å²) in [4.78, 5) is 23.6. The third-order valence-corrected chi connectivity index (χ3v) is 3.74. The van der Waals surface area contributed by atoms with Crippen LogP contribution < -0.4 is 15.4 Å². The summed E-state index contributed by atoms with van der Waals surface area (Å²) in [6, 6.07) is 13.2. The molecule has 0 spiro atoms. The first-order valence-electron chi connectivity index (χ1n) is 8.38. The van der Waals surface area contributed by atoms with Crippen LogP contribution in [0.1, 0.15) is 35.3 Å². The van der Waals surface area contributed by atoms with E-state index < -0.39 is 0 Å². The molecule has 0 fully saturated rings. The first-order valence-corrected chi connectivity index (χ1v) is 8.38. The van der Waals surface area contributed by atoms with Crippen LogP contribution >= 0.6 is 0 Å². The van der Waals surface area contributed by atoms with Crippen molar-refractivity contribution in [1.82, 2.24) is 5.32 Å². The second-order valence-electron chi connectivity index (χ2n) is 5.77. The van der Waals surface area contributed by atoms with Gasteiger partial charge in [-0.15, -0.1) is 0 Å². The highest BCUT2D eigenvalue weighted by atomic mass is 16.5. The highest BCUT2D eigenvalue weighted by molar-refractivity contribution is 5.95. The number of carbonyl (C=O) groups is 2. The molecule has 0 atom stereocenters. The minimum atomic E-state index is -0.147. The highest BCUT2D eigenvalue weighted by Gasteiger charge is 2.09. The molecule has 0 aliphatic rings. The van der Waals surface area contributed by atoms with Crippen molar-refractivity contribution in [1.29, 1.82) is 0 Å². The van der Waals surface area contributed by atoms with Crippen molar-refractivity contribution in [3.63, 3.8) is 0 Å². The molecule has 0 aliphatic heterocycles. The fraction of sp³-hybridized carbons (Fsp3) is 0.300. The molecule has 0 heterocycles. The van der Waals surface area contributed by atoms with E-state index in [1.54, 1.807) is 0 Å². The molecule has 0 radical (unpaired) electrons. The van der Waals surface area contributed by atoms with Gasteiger partial charge in [-0.2, -0.15) is 0 Å². The maximum Gasteiger partial charge on any atom is 0.251 e. The number of ether oxygens (including phenoxy) is 1. The van der Waals surface area contributed by atoms with Gasteiger partial charge in [0.2, 0.25) is 5.91 Å². The second-order valence-corrected chi connectivity index (χ2v) is 5.77. The van der Waals surface area contributed by atoms with E-state index >= 15 is 0 Å². The van der Waals surface area contributed by atoms with Gasteiger partial charge in [-0.05, 0) is 49.6 Å². The Labute approximate surface area is 148 Å². The number of benzene rings is 2. The monoisotopic (exact) mass is 340 g/mol. The Hall–Kier alpha value is -2.82. The van der Waals surface area contributed by atoms with Crippen LogP contribution in [-0.4, -0.2) is 25.0 Å². The average Bonchev–Trinajstić information content (AvgIpc) is 2.57. The minimum absolute atomic E-state index is 0.0777. The number of amides is 2. The Morgan fingerprint density at radius 1 is 1.12 bits per heavy atom. The topological polar surface area (TPSA) is 67.4 Å². The zero-order valence-electron chi connectivity index (χ0n) is 14.9. The fourth-order valence-electron chi connectivity index (χ4n) is 2.54. The minimum Gasteiger partial charge on any atom is -0.492 e. The number of rotatable bonds is 7. The lowest BCUT2D eigenvalue weighted by Crippen LogP contribution is -2.26. The first-order chi connectivity index (χ1) is 12.0. The molecule has 2 N–H and O–H groups in total. The Balaban J connectivity index is 1.99. The van der Waals surface area contributed by atoms with Gasteiger partial charge in [0.05, 0.1) is 12.3 Å². The van der Waals surface area contributed by atoms with E-state index in [0.717, 1.165) is 11.1 Å². The van der Waals surface area contributed by atoms with Crippen LogP contribution in [0.15, 0.2) is 42.5 Å². The van der Waals surface area contributed by atoms with Crippen molar-refractivity contribution < 1.29 is 14.3 Å². The molecule has 2 rings (SSSR count). The van der Waals surface area contributed by atoms with Gasteiger partial charge in [-0.1, -0.05) is 24.3 Å². The van der Waals surface area contributed by atoms with E-state index in [-0.39, 0.29) is 11.8 Å². The van der Waals surface area contributed by atoms with E-state index in [1.165, 1.54) is 6.92 Å². The quantitative estimate of drug-likeness (QED) is 0.812. The summed E-state index contributed by atoms with van der Waals surface area (Å²) >= 11 is 0. The average molecular weight is 340 g/mol. The Bertz CT molecular complexity index is 756. The van der Waals surface area contributed by atoms with Gasteiger partial charge in [0.25, 0.3) is 5.91 Å². The van der Waals surface area contributed by atoms with Gasteiger partial charge in [0, 0.05) is 19.0 Å². The predicted octanol–water partition coefficient (Wildman–Crippen LogP) is 3.32. The molecule has 0 aromatic heterocycles. The second kappa shape index (κ2) is 8.87. The molecule has 2 amide bonds. The van der Waals surface area contributed by atoms with Crippen molar-refractivity contribution in [2.24, 2.45) is 0 Å². The molecule has 0 aliphatic carbocycles. The van der Waals surface area contributed by atoms with Gasteiger partial charge in [0.1, 0.15) is 5.75 Å². The molecule has 5 heteroatoms. The summed E-state index contributed by atoms with van der Waals surface area (Å²) in [6.45, 7) is 6.32. The molecule has 5 nitrogen and oxygen atoms in total. The number of hydrogen-bond donors (Lipinski definition) is 2. The summed E-state index contributed by atoms with van der Waals surface area (Å²) < 4.78 is 5.52. The van der Waals surface area contributed by atoms with Crippen LogP contribution in [-0.2, 0) is 11.2 Å². The van der Waals surface area contributed by atoms with Crippen LogP contribution in [0.5, 0.6) is 5.75 Å². The molecule has 0 unspecified atom stereocenters. The third kappa shape index (κ3) is 5.35. The lowest BCUT2D eigenvalue weighted by molar-refractivity contribution is -0.114. The number of carbonyl (C=O) groups excluding carboxylic acids is 2.